The van der Waals surface area contributed by atoms with Crippen LogP contribution in [0.4, 0.5) is 0 Å². The van der Waals surface area contributed by atoms with Crippen LogP contribution in [-0.2, 0) is 28.5 Å². The topological polar surface area (TPSA) is 130 Å². The molecule has 10 heteroatoms. The monoisotopic (exact) mass is 494 g/mol. The molecule has 0 aromatic heterocycles. The predicted molar refractivity (Wildman–Crippen MR) is 125 cm³/mol. The summed E-state index contributed by atoms with van der Waals surface area (Å²) < 4.78 is 33.0. The molecule has 10 nitrogen and oxygen atoms in total. The minimum atomic E-state index is -1.07. The number of rotatable bonds is 14. The highest BCUT2D eigenvalue weighted by molar-refractivity contribution is 5.81. The molecule has 1 saturated heterocycles. The van der Waals surface area contributed by atoms with Crippen LogP contribution in [0.15, 0.2) is 43.5 Å². The first kappa shape index (κ1) is 28.3. The van der Waals surface area contributed by atoms with E-state index in [-0.39, 0.29) is 38.6 Å². The van der Waals surface area contributed by atoms with Gasteiger partial charge in [-0.15, -0.1) is 0 Å². The molecular weight excluding hydrogens is 460 g/mol. The molecule has 0 saturated carbocycles. The molecule has 2 N–H and O–H groups in total. The summed E-state index contributed by atoms with van der Waals surface area (Å²) in [4.78, 5) is 22.3. The van der Waals surface area contributed by atoms with Crippen molar-refractivity contribution in [3.05, 3.63) is 49.1 Å². The Kier molecular flexibility index (Phi) is 11.7. The van der Waals surface area contributed by atoms with Crippen LogP contribution < -0.4 is 9.47 Å². The third-order valence-corrected chi connectivity index (χ3v) is 4.95. The van der Waals surface area contributed by atoms with Crippen LogP contribution in [0, 0.1) is 0 Å². The van der Waals surface area contributed by atoms with E-state index < -0.39 is 30.4 Å². The lowest BCUT2D eigenvalue weighted by Gasteiger charge is -2.34. The fourth-order valence-corrected chi connectivity index (χ4v) is 3.17. The van der Waals surface area contributed by atoms with Crippen molar-refractivity contribution in [3.63, 3.8) is 0 Å². The van der Waals surface area contributed by atoms with Crippen molar-refractivity contribution in [3.8, 4) is 11.5 Å². The average Bonchev–Trinajstić information content (AvgIpc) is 2.87. The zero-order chi connectivity index (χ0) is 25.8. The van der Waals surface area contributed by atoms with E-state index in [2.05, 4.69) is 13.2 Å². The van der Waals surface area contributed by atoms with Crippen LogP contribution >= 0.6 is 0 Å². The van der Waals surface area contributed by atoms with Crippen LogP contribution in [0.2, 0.25) is 0 Å². The molecule has 0 aliphatic carbocycles. The van der Waals surface area contributed by atoms with E-state index in [1.165, 1.54) is 0 Å². The first-order valence-corrected chi connectivity index (χ1v) is 11.4. The molecule has 1 aromatic rings. The molecule has 1 heterocycles. The number of esters is 2. The van der Waals surface area contributed by atoms with Gasteiger partial charge in [0.05, 0.1) is 12.2 Å². The summed E-state index contributed by atoms with van der Waals surface area (Å²) in [5.74, 6) is -0.606. The van der Waals surface area contributed by atoms with E-state index in [1.54, 1.807) is 18.2 Å². The van der Waals surface area contributed by atoms with Gasteiger partial charge in [-0.2, -0.15) is 0 Å². The molecule has 1 fully saturated rings. The van der Waals surface area contributed by atoms with Crippen molar-refractivity contribution in [1.82, 2.24) is 0 Å². The minimum absolute atomic E-state index is 0.0182. The summed E-state index contributed by atoms with van der Waals surface area (Å²) in [5.41, 5.74) is 0.627. The maximum absolute atomic E-state index is 11.2. The lowest BCUT2D eigenvalue weighted by atomic mass is 10.1. The molecule has 0 bridgehead atoms. The minimum Gasteiger partial charge on any atom is -0.491 e. The zero-order valence-corrected chi connectivity index (χ0v) is 20.1. The molecule has 1 aliphatic heterocycles. The van der Waals surface area contributed by atoms with E-state index in [0.29, 0.717) is 17.1 Å². The fourth-order valence-electron chi connectivity index (χ4n) is 3.17. The standard InChI is InChI=1S/C25H34O10/c1-5-20-8-16(4)34-25(35-20)17-9-21(30-12-18(26)14-32-23(28)6-2)11-22(10-17)31-13-19(27)15-33-24(29)7-3/h6-7,9-11,16,18-20,25-27H,2-3,5,8,12-15H2,1,4H3. The number of aliphatic hydroxyl groups is 2. The molecule has 0 spiro atoms. The summed E-state index contributed by atoms with van der Waals surface area (Å²) in [7, 11) is 0. The fraction of sp³-hybridized carbons (Fsp3) is 0.520. The van der Waals surface area contributed by atoms with Crippen LogP contribution in [0.25, 0.3) is 0 Å². The smallest absolute Gasteiger partial charge is 0.330 e. The molecule has 194 valence electrons. The third kappa shape index (κ3) is 10.1. The number of ether oxygens (including phenoxy) is 6. The van der Waals surface area contributed by atoms with E-state index in [4.69, 9.17) is 28.4 Å². The van der Waals surface area contributed by atoms with Crippen LogP contribution in [-0.4, -0.2) is 73.0 Å². The lowest BCUT2D eigenvalue weighted by Crippen LogP contribution is -2.31. The number of carbonyl (C=O) groups is 2. The van der Waals surface area contributed by atoms with Crippen molar-refractivity contribution in [2.24, 2.45) is 0 Å². The average molecular weight is 495 g/mol. The summed E-state index contributed by atoms with van der Waals surface area (Å²) in [5, 5.41) is 20.1. The molecule has 2 rings (SSSR count). The molecule has 35 heavy (non-hydrogen) atoms. The van der Waals surface area contributed by atoms with Gasteiger partial charge in [-0.3, -0.25) is 0 Å². The highest BCUT2D eigenvalue weighted by atomic mass is 16.7. The Bertz CT molecular complexity index is 802. The highest BCUT2D eigenvalue weighted by Crippen LogP contribution is 2.35. The van der Waals surface area contributed by atoms with Crippen molar-refractivity contribution in [2.75, 3.05) is 26.4 Å². The van der Waals surface area contributed by atoms with E-state index in [0.717, 1.165) is 25.0 Å². The quantitative estimate of drug-likeness (QED) is 0.293. The SMILES string of the molecule is C=CC(=O)OCC(O)COc1cc(OCC(O)COC(=O)C=C)cc(C2OC(C)CC(CC)O2)c1. The van der Waals surface area contributed by atoms with Crippen molar-refractivity contribution in [1.29, 1.82) is 0 Å². The summed E-state index contributed by atoms with van der Waals surface area (Å²) in [6.07, 6.45) is 0.819. The first-order chi connectivity index (χ1) is 16.7. The second-order valence-electron chi connectivity index (χ2n) is 8.02. The first-order valence-electron chi connectivity index (χ1n) is 11.4. The van der Waals surface area contributed by atoms with Crippen LogP contribution in [0.1, 0.15) is 38.5 Å². The van der Waals surface area contributed by atoms with Gasteiger partial charge in [-0.1, -0.05) is 20.1 Å². The van der Waals surface area contributed by atoms with Crippen molar-refractivity contribution >= 4 is 11.9 Å². The summed E-state index contributed by atoms with van der Waals surface area (Å²) >= 11 is 0. The van der Waals surface area contributed by atoms with E-state index in [1.807, 2.05) is 13.8 Å². The van der Waals surface area contributed by atoms with Crippen molar-refractivity contribution in [2.45, 2.75) is 57.4 Å². The molecule has 0 amide bonds. The normalized spacial score (nSPS) is 21.3. The van der Waals surface area contributed by atoms with Gasteiger partial charge in [0.1, 0.15) is 50.1 Å². The molecule has 1 aromatic carbocycles. The van der Waals surface area contributed by atoms with Gasteiger partial charge in [0.2, 0.25) is 0 Å². The Labute approximate surface area is 205 Å². The maximum Gasteiger partial charge on any atom is 0.330 e. The summed E-state index contributed by atoms with van der Waals surface area (Å²) in [6.45, 7) is 9.77. The van der Waals surface area contributed by atoms with Gasteiger partial charge >= 0.3 is 11.9 Å². The largest absolute Gasteiger partial charge is 0.491 e. The molecule has 5 unspecified atom stereocenters. The van der Waals surface area contributed by atoms with Gasteiger partial charge in [-0.05, 0) is 31.9 Å². The number of benzene rings is 1. The summed E-state index contributed by atoms with van der Waals surface area (Å²) in [6, 6.07) is 4.97. The van der Waals surface area contributed by atoms with E-state index >= 15 is 0 Å². The maximum atomic E-state index is 11.2. The van der Waals surface area contributed by atoms with Crippen molar-refractivity contribution < 1.29 is 48.2 Å². The molecular formula is C25H34O10. The molecule has 5 atom stereocenters. The van der Waals surface area contributed by atoms with Crippen LogP contribution in [0.5, 0.6) is 11.5 Å². The Balaban J connectivity index is 2.11. The van der Waals surface area contributed by atoms with Gasteiger partial charge in [0, 0.05) is 23.8 Å². The highest BCUT2D eigenvalue weighted by Gasteiger charge is 2.28. The Morgan fingerprint density at radius 2 is 1.49 bits per heavy atom. The second kappa shape index (κ2) is 14.5. The van der Waals surface area contributed by atoms with E-state index in [9.17, 15) is 19.8 Å². The third-order valence-electron chi connectivity index (χ3n) is 4.95. The predicted octanol–water partition coefficient (Wildman–Crippen LogP) is 2.23. The molecule has 0 radical (unpaired) electrons. The molecule has 1 aliphatic rings. The van der Waals surface area contributed by atoms with Gasteiger partial charge in [0.25, 0.3) is 0 Å². The number of hydrogen-bond acceptors (Lipinski definition) is 10. The zero-order valence-electron chi connectivity index (χ0n) is 20.1. The van der Waals surface area contributed by atoms with Crippen LogP contribution in [0.3, 0.4) is 0 Å². The Morgan fingerprint density at radius 3 is 1.94 bits per heavy atom. The Morgan fingerprint density at radius 1 is 0.971 bits per heavy atom. The number of hydrogen-bond donors (Lipinski definition) is 2. The van der Waals surface area contributed by atoms with Gasteiger partial charge in [0.15, 0.2) is 6.29 Å². The number of carbonyl (C=O) groups excluding carboxylic acids is 2. The number of aliphatic hydroxyl groups excluding tert-OH is 2. The second-order valence-corrected chi connectivity index (χ2v) is 8.02. The van der Waals surface area contributed by atoms with Gasteiger partial charge < -0.3 is 38.6 Å². The van der Waals surface area contributed by atoms with Gasteiger partial charge in [-0.25, -0.2) is 9.59 Å². The Hall–Kier alpha value is -2.92. The lowest BCUT2D eigenvalue weighted by molar-refractivity contribution is -0.243.